The molecule has 2 aromatic rings. The average Bonchev–Trinajstić information content (AvgIpc) is 2.70. The largest absolute Gasteiger partial charge is 0.455 e. The highest BCUT2D eigenvalue weighted by Crippen LogP contribution is 2.35. The Kier molecular flexibility index (Phi) is 2.56. The number of carbonyl (C=O) groups excluding carboxylic acids is 2. The van der Waals surface area contributed by atoms with E-state index in [-0.39, 0.29) is 0 Å². The van der Waals surface area contributed by atoms with E-state index in [9.17, 15) is 9.59 Å². The number of anilines is 1. The lowest BCUT2D eigenvalue weighted by Crippen LogP contribution is -2.12. The fourth-order valence-electron chi connectivity index (χ4n) is 1.96. The predicted molar refractivity (Wildman–Crippen MR) is 70.7 cm³/mol. The van der Waals surface area contributed by atoms with Crippen LogP contribution in [0.5, 0.6) is 11.5 Å². The van der Waals surface area contributed by atoms with Gasteiger partial charge in [-0.3, -0.25) is 9.59 Å². The number of hydrogen-bond donors (Lipinski definition) is 1. The third-order valence-corrected chi connectivity index (χ3v) is 2.96. The molecule has 1 amide bonds. The molecule has 0 fully saturated rings. The van der Waals surface area contributed by atoms with Gasteiger partial charge in [0.25, 0.3) is 11.7 Å². The average molecular weight is 253 g/mol. The molecule has 0 radical (unpaired) electrons. The first-order valence-electron chi connectivity index (χ1n) is 5.88. The highest BCUT2D eigenvalue weighted by molar-refractivity contribution is 6.52. The van der Waals surface area contributed by atoms with Crippen LogP contribution in [0.3, 0.4) is 0 Å². The molecule has 2 aromatic carbocycles. The summed E-state index contributed by atoms with van der Waals surface area (Å²) in [5, 5.41) is 2.53. The second-order valence-corrected chi connectivity index (χ2v) is 4.38. The van der Waals surface area contributed by atoms with Crippen molar-refractivity contribution in [2.75, 3.05) is 5.32 Å². The number of fused-ring (bicyclic) bond motifs is 1. The number of para-hydroxylation sites is 1. The number of benzene rings is 2. The normalized spacial score (nSPS) is 13.1. The van der Waals surface area contributed by atoms with Gasteiger partial charge in [0.1, 0.15) is 5.75 Å². The van der Waals surface area contributed by atoms with Crippen LogP contribution in [-0.4, -0.2) is 11.7 Å². The lowest BCUT2D eigenvalue weighted by Gasteiger charge is -2.09. The molecule has 4 heteroatoms. The summed E-state index contributed by atoms with van der Waals surface area (Å²) < 4.78 is 5.71. The number of nitrogens with one attached hydrogen (secondary N) is 1. The minimum atomic E-state index is -0.616. The molecule has 0 unspecified atom stereocenters. The number of carbonyl (C=O) groups is 2. The lowest BCUT2D eigenvalue weighted by atomic mass is 10.1. The summed E-state index contributed by atoms with van der Waals surface area (Å²) in [4.78, 5) is 22.9. The van der Waals surface area contributed by atoms with Crippen molar-refractivity contribution in [2.45, 2.75) is 6.92 Å². The van der Waals surface area contributed by atoms with E-state index in [1.165, 1.54) is 0 Å². The molecule has 0 saturated heterocycles. The Bertz CT molecular complexity index is 674. The maximum Gasteiger partial charge on any atom is 0.296 e. The molecule has 19 heavy (non-hydrogen) atoms. The fourth-order valence-corrected chi connectivity index (χ4v) is 1.96. The molecule has 0 saturated carbocycles. The highest BCUT2D eigenvalue weighted by atomic mass is 16.5. The van der Waals surface area contributed by atoms with E-state index >= 15 is 0 Å². The van der Waals surface area contributed by atoms with Crippen LogP contribution >= 0.6 is 0 Å². The summed E-state index contributed by atoms with van der Waals surface area (Å²) in [6.07, 6.45) is 0. The Morgan fingerprint density at radius 3 is 2.47 bits per heavy atom. The molecule has 0 spiro atoms. The minimum absolute atomic E-state index is 0.356. The zero-order valence-electron chi connectivity index (χ0n) is 10.3. The molecular weight excluding hydrogens is 242 g/mol. The monoisotopic (exact) mass is 253 g/mol. The van der Waals surface area contributed by atoms with Crippen LogP contribution in [0.25, 0.3) is 0 Å². The van der Waals surface area contributed by atoms with Gasteiger partial charge in [-0.25, -0.2) is 0 Å². The second-order valence-electron chi connectivity index (χ2n) is 4.38. The van der Waals surface area contributed by atoms with Gasteiger partial charge in [0.05, 0.1) is 11.3 Å². The zero-order chi connectivity index (χ0) is 13.4. The molecule has 4 nitrogen and oxygen atoms in total. The summed E-state index contributed by atoms with van der Waals surface area (Å²) in [6.45, 7) is 1.99. The number of aryl methyl sites for hydroxylation is 1. The first kappa shape index (κ1) is 11.5. The van der Waals surface area contributed by atoms with Crippen LogP contribution in [0.2, 0.25) is 0 Å². The first-order chi connectivity index (χ1) is 9.15. The zero-order valence-corrected chi connectivity index (χ0v) is 10.3. The molecule has 1 aliphatic rings. The third kappa shape index (κ3) is 1.97. The third-order valence-electron chi connectivity index (χ3n) is 2.96. The first-order valence-corrected chi connectivity index (χ1v) is 5.88. The van der Waals surface area contributed by atoms with Crippen molar-refractivity contribution in [1.82, 2.24) is 0 Å². The van der Waals surface area contributed by atoms with Crippen molar-refractivity contribution in [3.05, 3.63) is 53.6 Å². The Morgan fingerprint density at radius 2 is 1.74 bits per heavy atom. The van der Waals surface area contributed by atoms with Gasteiger partial charge < -0.3 is 10.1 Å². The van der Waals surface area contributed by atoms with Crippen molar-refractivity contribution in [3.63, 3.8) is 0 Å². The van der Waals surface area contributed by atoms with Crippen LogP contribution in [0.1, 0.15) is 15.9 Å². The van der Waals surface area contributed by atoms with Crippen molar-refractivity contribution < 1.29 is 14.3 Å². The van der Waals surface area contributed by atoms with Gasteiger partial charge in [-0.1, -0.05) is 23.8 Å². The van der Waals surface area contributed by atoms with Gasteiger partial charge in [0.15, 0.2) is 5.75 Å². The molecule has 94 valence electrons. The molecule has 0 aromatic heterocycles. The molecule has 0 aliphatic carbocycles. The molecule has 0 bridgehead atoms. The molecular formula is C15H11NO3. The Balaban J connectivity index is 1.97. The maximum absolute atomic E-state index is 11.6. The standard InChI is InChI=1S/C15H11NO3/c1-9-5-7-10(8-6-9)19-12-4-2-3-11-13(12)16-15(18)14(11)17/h2-8H,1H3,(H,16,17,18). The van der Waals surface area contributed by atoms with E-state index in [2.05, 4.69) is 5.32 Å². The quantitative estimate of drug-likeness (QED) is 0.837. The molecule has 1 heterocycles. The van der Waals surface area contributed by atoms with Crippen LogP contribution < -0.4 is 10.1 Å². The SMILES string of the molecule is Cc1ccc(Oc2cccc3c2NC(=O)C3=O)cc1. The summed E-state index contributed by atoms with van der Waals surface area (Å²) in [6, 6.07) is 12.6. The minimum Gasteiger partial charge on any atom is -0.455 e. The summed E-state index contributed by atoms with van der Waals surface area (Å²) in [5.74, 6) is -0.00698. The summed E-state index contributed by atoms with van der Waals surface area (Å²) >= 11 is 0. The predicted octanol–water partition coefficient (Wildman–Crippen LogP) is 2.92. The van der Waals surface area contributed by atoms with Gasteiger partial charge in [-0.15, -0.1) is 0 Å². The van der Waals surface area contributed by atoms with Crippen LogP contribution in [0, 0.1) is 6.92 Å². The van der Waals surface area contributed by atoms with Gasteiger partial charge in [-0.05, 0) is 31.2 Å². The number of ether oxygens (including phenoxy) is 1. The van der Waals surface area contributed by atoms with E-state index in [4.69, 9.17) is 4.74 Å². The van der Waals surface area contributed by atoms with Gasteiger partial charge >= 0.3 is 0 Å². The van der Waals surface area contributed by atoms with Crippen molar-refractivity contribution in [1.29, 1.82) is 0 Å². The number of Topliss-reactive ketones (excluding diaryl/α,β-unsaturated/α-hetero) is 1. The van der Waals surface area contributed by atoms with E-state index in [1.807, 2.05) is 31.2 Å². The topological polar surface area (TPSA) is 55.4 Å². The van der Waals surface area contributed by atoms with Crippen LogP contribution in [0.4, 0.5) is 5.69 Å². The van der Waals surface area contributed by atoms with Gasteiger partial charge in [0, 0.05) is 0 Å². The lowest BCUT2D eigenvalue weighted by molar-refractivity contribution is -0.112. The fraction of sp³-hybridized carbons (Fsp3) is 0.0667. The van der Waals surface area contributed by atoms with Crippen molar-refractivity contribution in [3.8, 4) is 11.5 Å². The molecule has 1 aliphatic heterocycles. The van der Waals surface area contributed by atoms with Crippen molar-refractivity contribution in [2.24, 2.45) is 0 Å². The van der Waals surface area contributed by atoms with Gasteiger partial charge in [0.2, 0.25) is 0 Å². The Morgan fingerprint density at radius 1 is 1.00 bits per heavy atom. The van der Waals surface area contributed by atoms with Crippen molar-refractivity contribution >= 4 is 17.4 Å². The number of amides is 1. The number of ketones is 1. The Hall–Kier alpha value is -2.62. The summed E-state index contributed by atoms with van der Waals surface area (Å²) in [5.41, 5.74) is 1.93. The van der Waals surface area contributed by atoms with E-state index in [1.54, 1.807) is 18.2 Å². The molecule has 0 atom stereocenters. The molecule has 1 N–H and O–H groups in total. The van der Waals surface area contributed by atoms with E-state index < -0.39 is 11.7 Å². The smallest absolute Gasteiger partial charge is 0.296 e. The highest BCUT2D eigenvalue weighted by Gasteiger charge is 2.30. The Labute approximate surface area is 110 Å². The number of rotatable bonds is 2. The molecule has 3 rings (SSSR count). The maximum atomic E-state index is 11.6. The number of hydrogen-bond acceptors (Lipinski definition) is 3. The van der Waals surface area contributed by atoms with Gasteiger partial charge in [-0.2, -0.15) is 0 Å². The summed E-state index contributed by atoms with van der Waals surface area (Å²) in [7, 11) is 0. The van der Waals surface area contributed by atoms with E-state index in [0.29, 0.717) is 22.7 Å². The second kappa shape index (κ2) is 4.24. The van der Waals surface area contributed by atoms with Crippen LogP contribution in [-0.2, 0) is 4.79 Å². The van der Waals surface area contributed by atoms with Crippen LogP contribution in [0.15, 0.2) is 42.5 Å². The van der Waals surface area contributed by atoms with E-state index in [0.717, 1.165) is 5.56 Å².